The van der Waals surface area contributed by atoms with Gasteiger partial charge in [-0.3, -0.25) is 0 Å². The van der Waals surface area contributed by atoms with E-state index in [0.717, 1.165) is 19.5 Å². The quantitative estimate of drug-likeness (QED) is 0.440. The predicted octanol–water partition coefficient (Wildman–Crippen LogP) is 2.36. The standard InChI is InChI=1S/C11H23NO/c1-4-7-11(13-9-6-3)10-12-8-5-2/h6,11-12H,3-5,7-10H2,1-2H3. The molecule has 0 aromatic carbocycles. The van der Waals surface area contributed by atoms with Crippen molar-refractivity contribution in [2.75, 3.05) is 19.7 Å². The maximum absolute atomic E-state index is 5.60. The number of nitrogens with one attached hydrogen (secondary N) is 1. The molecule has 0 aliphatic carbocycles. The number of hydrogen-bond donors (Lipinski definition) is 1. The molecule has 0 bridgehead atoms. The lowest BCUT2D eigenvalue weighted by atomic mass is 10.2. The summed E-state index contributed by atoms with van der Waals surface area (Å²) in [5.74, 6) is 0. The van der Waals surface area contributed by atoms with Gasteiger partial charge in [-0.05, 0) is 19.4 Å². The van der Waals surface area contributed by atoms with Crippen molar-refractivity contribution in [2.24, 2.45) is 0 Å². The SMILES string of the molecule is C=CCOC(CCC)CNCCC. The molecule has 0 amide bonds. The van der Waals surface area contributed by atoms with Crippen LogP contribution in [0.3, 0.4) is 0 Å². The number of ether oxygens (including phenoxy) is 1. The molecule has 1 unspecified atom stereocenters. The van der Waals surface area contributed by atoms with Gasteiger partial charge in [0.05, 0.1) is 12.7 Å². The van der Waals surface area contributed by atoms with Crippen molar-refractivity contribution in [1.82, 2.24) is 5.32 Å². The van der Waals surface area contributed by atoms with Gasteiger partial charge in [0, 0.05) is 6.54 Å². The third-order valence-electron chi connectivity index (χ3n) is 1.86. The first-order chi connectivity index (χ1) is 6.35. The second-order valence-electron chi connectivity index (χ2n) is 3.24. The number of rotatable bonds is 9. The third kappa shape index (κ3) is 8.00. The molecule has 2 heteroatoms. The Morgan fingerprint density at radius 2 is 2.15 bits per heavy atom. The Labute approximate surface area is 82.4 Å². The zero-order valence-corrected chi connectivity index (χ0v) is 9.01. The summed E-state index contributed by atoms with van der Waals surface area (Å²) in [6.07, 6.45) is 5.65. The van der Waals surface area contributed by atoms with Crippen molar-refractivity contribution in [3.63, 3.8) is 0 Å². The van der Waals surface area contributed by atoms with Crippen LogP contribution in [-0.4, -0.2) is 25.8 Å². The van der Waals surface area contributed by atoms with E-state index in [1.807, 2.05) is 6.08 Å². The Bertz CT molecular complexity index is 115. The summed E-state index contributed by atoms with van der Waals surface area (Å²) >= 11 is 0. The van der Waals surface area contributed by atoms with Crippen LogP contribution in [0.15, 0.2) is 12.7 Å². The first-order valence-electron chi connectivity index (χ1n) is 5.28. The van der Waals surface area contributed by atoms with Crippen molar-refractivity contribution in [3.8, 4) is 0 Å². The lowest BCUT2D eigenvalue weighted by molar-refractivity contribution is 0.0673. The van der Waals surface area contributed by atoms with Gasteiger partial charge in [-0.1, -0.05) is 26.3 Å². The topological polar surface area (TPSA) is 21.3 Å². The second-order valence-corrected chi connectivity index (χ2v) is 3.24. The third-order valence-corrected chi connectivity index (χ3v) is 1.86. The van der Waals surface area contributed by atoms with Gasteiger partial charge in [0.1, 0.15) is 0 Å². The highest BCUT2D eigenvalue weighted by Crippen LogP contribution is 2.00. The molecule has 0 aromatic rings. The molecule has 2 nitrogen and oxygen atoms in total. The molecule has 0 saturated carbocycles. The van der Waals surface area contributed by atoms with Gasteiger partial charge < -0.3 is 10.1 Å². The average molecular weight is 185 g/mol. The summed E-state index contributed by atoms with van der Waals surface area (Å²) in [6, 6.07) is 0. The first-order valence-corrected chi connectivity index (χ1v) is 5.28. The van der Waals surface area contributed by atoms with Gasteiger partial charge in [-0.2, -0.15) is 0 Å². The lowest BCUT2D eigenvalue weighted by Gasteiger charge is -2.16. The molecule has 0 aliphatic rings. The fourth-order valence-electron chi connectivity index (χ4n) is 1.21. The Balaban J connectivity index is 3.46. The van der Waals surface area contributed by atoms with E-state index in [2.05, 4.69) is 25.7 Å². The highest BCUT2D eigenvalue weighted by Gasteiger charge is 2.05. The zero-order chi connectivity index (χ0) is 9.94. The highest BCUT2D eigenvalue weighted by molar-refractivity contribution is 4.68. The van der Waals surface area contributed by atoms with Gasteiger partial charge in [0.2, 0.25) is 0 Å². The van der Waals surface area contributed by atoms with Gasteiger partial charge in [0.25, 0.3) is 0 Å². The van der Waals surface area contributed by atoms with Crippen LogP contribution in [0.1, 0.15) is 33.1 Å². The minimum Gasteiger partial charge on any atom is -0.373 e. The molecule has 0 aliphatic heterocycles. The maximum atomic E-state index is 5.60. The minimum absolute atomic E-state index is 0.356. The molecule has 0 radical (unpaired) electrons. The maximum Gasteiger partial charge on any atom is 0.0703 e. The summed E-state index contributed by atoms with van der Waals surface area (Å²) in [5, 5.41) is 3.37. The van der Waals surface area contributed by atoms with Crippen molar-refractivity contribution in [3.05, 3.63) is 12.7 Å². The smallest absolute Gasteiger partial charge is 0.0703 e. The van der Waals surface area contributed by atoms with Crippen molar-refractivity contribution in [1.29, 1.82) is 0 Å². The van der Waals surface area contributed by atoms with E-state index in [0.29, 0.717) is 12.7 Å². The van der Waals surface area contributed by atoms with Crippen LogP contribution in [0.2, 0.25) is 0 Å². The molecule has 0 saturated heterocycles. The van der Waals surface area contributed by atoms with Crippen LogP contribution in [0, 0.1) is 0 Å². The van der Waals surface area contributed by atoms with E-state index < -0.39 is 0 Å². The number of hydrogen-bond acceptors (Lipinski definition) is 2. The van der Waals surface area contributed by atoms with E-state index in [-0.39, 0.29) is 0 Å². The van der Waals surface area contributed by atoms with Gasteiger partial charge in [0.15, 0.2) is 0 Å². The lowest BCUT2D eigenvalue weighted by Crippen LogP contribution is -2.29. The fraction of sp³-hybridized carbons (Fsp3) is 0.818. The van der Waals surface area contributed by atoms with Crippen LogP contribution in [0.4, 0.5) is 0 Å². The van der Waals surface area contributed by atoms with E-state index in [9.17, 15) is 0 Å². The molecule has 0 fully saturated rings. The molecular weight excluding hydrogens is 162 g/mol. The van der Waals surface area contributed by atoms with E-state index >= 15 is 0 Å². The predicted molar refractivity (Wildman–Crippen MR) is 58.0 cm³/mol. The Morgan fingerprint density at radius 3 is 2.69 bits per heavy atom. The Morgan fingerprint density at radius 1 is 1.38 bits per heavy atom. The second kappa shape index (κ2) is 9.75. The monoisotopic (exact) mass is 185 g/mol. The minimum atomic E-state index is 0.356. The summed E-state index contributed by atoms with van der Waals surface area (Å²) in [6.45, 7) is 10.7. The largest absolute Gasteiger partial charge is 0.373 e. The highest BCUT2D eigenvalue weighted by atomic mass is 16.5. The molecule has 13 heavy (non-hydrogen) atoms. The summed E-state index contributed by atoms with van der Waals surface area (Å²) in [7, 11) is 0. The van der Waals surface area contributed by atoms with E-state index in [4.69, 9.17) is 4.74 Å². The molecule has 1 atom stereocenters. The Hall–Kier alpha value is -0.340. The summed E-state index contributed by atoms with van der Waals surface area (Å²) in [4.78, 5) is 0. The average Bonchev–Trinajstić information content (AvgIpc) is 2.14. The first kappa shape index (κ1) is 12.7. The van der Waals surface area contributed by atoms with Crippen molar-refractivity contribution >= 4 is 0 Å². The van der Waals surface area contributed by atoms with Crippen LogP contribution in [0.5, 0.6) is 0 Å². The molecular formula is C11H23NO. The molecule has 1 N–H and O–H groups in total. The van der Waals surface area contributed by atoms with Crippen LogP contribution < -0.4 is 5.32 Å². The summed E-state index contributed by atoms with van der Waals surface area (Å²) in [5.41, 5.74) is 0. The van der Waals surface area contributed by atoms with E-state index in [1.54, 1.807) is 0 Å². The molecule has 0 heterocycles. The van der Waals surface area contributed by atoms with Gasteiger partial charge in [-0.25, -0.2) is 0 Å². The molecule has 0 aromatic heterocycles. The molecule has 78 valence electrons. The van der Waals surface area contributed by atoms with Crippen molar-refractivity contribution in [2.45, 2.75) is 39.2 Å². The van der Waals surface area contributed by atoms with Gasteiger partial charge >= 0.3 is 0 Å². The van der Waals surface area contributed by atoms with Crippen LogP contribution in [-0.2, 0) is 4.74 Å². The Kier molecular flexibility index (Phi) is 9.49. The normalized spacial score (nSPS) is 12.8. The van der Waals surface area contributed by atoms with E-state index in [1.165, 1.54) is 12.8 Å². The van der Waals surface area contributed by atoms with Crippen LogP contribution in [0.25, 0.3) is 0 Å². The van der Waals surface area contributed by atoms with Gasteiger partial charge in [-0.15, -0.1) is 6.58 Å². The van der Waals surface area contributed by atoms with Crippen molar-refractivity contribution < 1.29 is 4.74 Å². The zero-order valence-electron chi connectivity index (χ0n) is 9.01. The molecule has 0 rings (SSSR count). The van der Waals surface area contributed by atoms with Crippen LogP contribution >= 0.6 is 0 Å². The summed E-state index contributed by atoms with van der Waals surface area (Å²) < 4.78 is 5.60. The molecule has 0 spiro atoms. The fourth-order valence-corrected chi connectivity index (χ4v) is 1.21.